The number of anilines is 2. The Kier molecular flexibility index (Phi) is 5.70. The summed E-state index contributed by atoms with van der Waals surface area (Å²) >= 11 is 0. The van der Waals surface area contributed by atoms with E-state index in [2.05, 4.69) is 43.0 Å². The monoisotopic (exact) mass is 458 g/mol. The van der Waals surface area contributed by atoms with Crippen LogP contribution in [-0.2, 0) is 13.0 Å². The van der Waals surface area contributed by atoms with Crippen LogP contribution in [0.5, 0.6) is 0 Å². The summed E-state index contributed by atoms with van der Waals surface area (Å²) in [5, 5.41) is 18.4. The number of halogens is 1. The standard InChI is InChI=1S/C23H23FN10/c1-2-3-20-28-22-17-15-27-33(21(17)29-23(26)34(22)30-20)13-10-31-8-11-32(12-9-31)19-5-4-16(6-7-25)14-18(19)24/h4-5,14-15H,6,8-13H2,1H3,(H2,26,29). The number of nitriles is 1. The van der Waals surface area contributed by atoms with Crippen LogP contribution in [0.2, 0.25) is 0 Å². The van der Waals surface area contributed by atoms with Crippen molar-refractivity contribution in [2.24, 2.45) is 0 Å². The molecule has 0 bridgehead atoms. The Hall–Kier alpha value is -4.22. The number of hydrogen-bond acceptors (Lipinski definition) is 8. The van der Waals surface area contributed by atoms with Crippen LogP contribution >= 0.6 is 0 Å². The Morgan fingerprint density at radius 3 is 2.68 bits per heavy atom. The third kappa shape index (κ3) is 3.98. The molecule has 3 aromatic heterocycles. The molecule has 1 aromatic carbocycles. The van der Waals surface area contributed by atoms with Gasteiger partial charge in [0.25, 0.3) is 0 Å². The molecule has 0 atom stereocenters. The molecule has 1 saturated heterocycles. The van der Waals surface area contributed by atoms with Gasteiger partial charge in [0, 0.05) is 32.7 Å². The first-order valence-corrected chi connectivity index (χ1v) is 11.0. The van der Waals surface area contributed by atoms with E-state index in [0.717, 1.165) is 38.1 Å². The van der Waals surface area contributed by atoms with Crippen molar-refractivity contribution in [3.05, 3.63) is 41.6 Å². The minimum absolute atomic E-state index is 0.213. The largest absolute Gasteiger partial charge is 0.368 e. The zero-order valence-corrected chi connectivity index (χ0v) is 18.7. The molecule has 0 aliphatic carbocycles. The number of nitrogens with two attached hydrogens (primary N) is 1. The van der Waals surface area contributed by atoms with E-state index in [-0.39, 0.29) is 18.2 Å². The quantitative estimate of drug-likeness (QED) is 0.447. The van der Waals surface area contributed by atoms with Crippen LogP contribution < -0.4 is 10.6 Å². The molecule has 4 heterocycles. The zero-order valence-electron chi connectivity index (χ0n) is 18.7. The third-order valence-corrected chi connectivity index (χ3v) is 5.97. The summed E-state index contributed by atoms with van der Waals surface area (Å²) < 4.78 is 17.8. The second-order valence-electron chi connectivity index (χ2n) is 8.07. The molecule has 1 fully saturated rings. The first kappa shape index (κ1) is 21.6. The number of rotatable bonds is 5. The van der Waals surface area contributed by atoms with E-state index < -0.39 is 0 Å². The van der Waals surface area contributed by atoms with Gasteiger partial charge in [-0.1, -0.05) is 12.0 Å². The molecule has 172 valence electrons. The van der Waals surface area contributed by atoms with Crippen molar-refractivity contribution in [2.75, 3.05) is 43.4 Å². The van der Waals surface area contributed by atoms with Crippen molar-refractivity contribution >= 4 is 28.3 Å². The van der Waals surface area contributed by atoms with E-state index in [0.29, 0.717) is 34.9 Å². The predicted octanol–water partition coefficient (Wildman–Crippen LogP) is 1.45. The number of benzene rings is 1. The minimum Gasteiger partial charge on any atom is -0.368 e. The second-order valence-corrected chi connectivity index (χ2v) is 8.07. The lowest BCUT2D eigenvalue weighted by Crippen LogP contribution is -2.47. The van der Waals surface area contributed by atoms with Crippen molar-refractivity contribution < 1.29 is 4.39 Å². The van der Waals surface area contributed by atoms with Crippen molar-refractivity contribution in [1.29, 1.82) is 5.26 Å². The van der Waals surface area contributed by atoms with Gasteiger partial charge in [-0.05, 0) is 30.5 Å². The number of fused-ring (bicyclic) bond motifs is 3. The van der Waals surface area contributed by atoms with Crippen LogP contribution in [0, 0.1) is 29.0 Å². The van der Waals surface area contributed by atoms with E-state index >= 15 is 0 Å². The van der Waals surface area contributed by atoms with Crippen LogP contribution in [0.3, 0.4) is 0 Å². The number of hydrogen-bond donors (Lipinski definition) is 1. The summed E-state index contributed by atoms with van der Waals surface area (Å²) in [6.45, 7) is 6.20. The maximum Gasteiger partial charge on any atom is 0.226 e. The Morgan fingerprint density at radius 1 is 1.12 bits per heavy atom. The Morgan fingerprint density at radius 2 is 1.94 bits per heavy atom. The first-order valence-electron chi connectivity index (χ1n) is 11.0. The van der Waals surface area contributed by atoms with Gasteiger partial charge in [0.2, 0.25) is 11.8 Å². The summed E-state index contributed by atoms with van der Waals surface area (Å²) in [5.41, 5.74) is 8.63. The normalized spacial score (nSPS) is 14.3. The molecule has 2 N–H and O–H groups in total. The molecule has 1 aliphatic heterocycles. The van der Waals surface area contributed by atoms with Gasteiger partial charge in [-0.3, -0.25) is 4.90 Å². The van der Waals surface area contributed by atoms with Crippen LogP contribution in [0.4, 0.5) is 16.0 Å². The number of nitrogen functional groups attached to an aromatic ring is 1. The van der Waals surface area contributed by atoms with E-state index in [1.54, 1.807) is 19.2 Å². The molecular formula is C23H23FN10. The van der Waals surface area contributed by atoms with E-state index in [1.165, 1.54) is 10.6 Å². The predicted molar refractivity (Wildman–Crippen MR) is 125 cm³/mol. The lowest BCUT2D eigenvalue weighted by molar-refractivity contribution is 0.245. The molecule has 1 aliphatic rings. The van der Waals surface area contributed by atoms with E-state index in [1.807, 2.05) is 15.6 Å². The van der Waals surface area contributed by atoms with E-state index in [9.17, 15) is 4.39 Å². The van der Waals surface area contributed by atoms with Gasteiger partial charge in [-0.15, -0.1) is 5.10 Å². The average Bonchev–Trinajstić information content (AvgIpc) is 3.43. The highest BCUT2D eigenvalue weighted by Crippen LogP contribution is 2.23. The second kappa shape index (κ2) is 8.96. The van der Waals surface area contributed by atoms with Crippen LogP contribution in [0.15, 0.2) is 24.4 Å². The maximum atomic E-state index is 14.5. The highest BCUT2D eigenvalue weighted by Gasteiger charge is 2.21. The zero-order chi connectivity index (χ0) is 23.7. The van der Waals surface area contributed by atoms with Crippen LogP contribution in [-0.4, -0.2) is 67.0 Å². The number of nitrogens with zero attached hydrogens (tertiary/aromatic N) is 9. The van der Waals surface area contributed by atoms with Crippen molar-refractivity contribution in [3.8, 4) is 17.9 Å². The SMILES string of the molecule is CC#Cc1nc2c3cnn(CCN4CCN(c5ccc(CC#N)cc5F)CC4)c3nc(N)n2n1. The number of piperazine rings is 1. The van der Waals surface area contributed by atoms with Gasteiger partial charge in [0.15, 0.2) is 11.3 Å². The van der Waals surface area contributed by atoms with Gasteiger partial charge < -0.3 is 10.6 Å². The van der Waals surface area contributed by atoms with Crippen molar-refractivity contribution in [3.63, 3.8) is 0 Å². The van der Waals surface area contributed by atoms with Gasteiger partial charge in [0.1, 0.15) is 5.82 Å². The average molecular weight is 459 g/mol. The van der Waals surface area contributed by atoms with Gasteiger partial charge >= 0.3 is 0 Å². The van der Waals surface area contributed by atoms with Crippen molar-refractivity contribution in [1.82, 2.24) is 34.3 Å². The maximum absolute atomic E-state index is 14.5. The molecule has 0 saturated carbocycles. The summed E-state index contributed by atoms with van der Waals surface area (Å²) in [7, 11) is 0. The Labute approximate surface area is 195 Å². The fraction of sp³-hybridized carbons (Fsp3) is 0.348. The smallest absolute Gasteiger partial charge is 0.226 e. The van der Waals surface area contributed by atoms with Crippen LogP contribution in [0.25, 0.3) is 16.7 Å². The lowest BCUT2D eigenvalue weighted by atomic mass is 10.1. The lowest BCUT2D eigenvalue weighted by Gasteiger charge is -2.36. The summed E-state index contributed by atoms with van der Waals surface area (Å²) in [4.78, 5) is 13.3. The molecule has 11 heteroatoms. The Bertz CT molecular complexity index is 1460. The first-order chi connectivity index (χ1) is 16.6. The van der Waals surface area contributed by atoms with Gasteiger partial charge in [-0.25, -0.2) is 9.07 Å². The topological polar surface area (TPSA) is 117 Å². The van der Waals surface area contributed by atoms with E-state index in [4.69, 9.17) is 11.0 Å². The third-order valence-electron chi connectivity index (χ3n) is 5.97. The Balaban J connectivity index is 1.25. The minimum atomic E-state index is -0.277. The molecule has 4 aromatic rings. The highest BCUT2D eigenvalue weighted by atomic mass is 19.1. The van der Waals surface area contributed by atoms with Crippen LogP contribution in [0.1, 0.15) is 18.3 Å². The molecule has 0 spiro atoms. The molecule has 0 unspecified atom stereocenters. The van der Waals surface area contributed by atoms with Gasteiger partial charge in [-0.2, -0.15) is 24.8 Å². The summed E-state index contributed by atoms with van der Waals surface area (Å²) in [6.07, 6.45) is 1.94. The molecule has 34 heavy (non-hydrogen) atoms. The van der Waals surface area contributed by atoms with Gasteiger partial charge in [0.05, 0.1) is 36.3 Å². The molecule has 0 radical (unpaired) electrons. The highest BCUT2D eigenvalue weighted by molar-refractivity contribution is 5.89. The van der Waals surface area contributed by atoms with Crippen molar-refractivity contribution in [2.45, 2.75) is 19.9 Å². The molecule has 10 nitrogen and oxygen atoms in total. The fourth-order valence-electron chi connectivity index (χ4n) is 4.24. The molecule has 5 rings (SSSR count). The summed E-state index contributed by atoms with van der Waals surface area (Å²) in [6, 6.07) is 7.10. The molecule has 0 amide bonds. The summed E-state index contributed by atoms with van der Waals surface area (Å²) in [5.74, 6) is 5.98. The fourth-order valence-corrected chi connectivity index (χ4v) is 4.24. The number of aromatic nitrogens is 6. The molecular weight excluding hydrogens is 435 g/mol.